The zero-order valence-electron chi connectivity index (χ0n) is 7.63. The zero-order valence-corrected chi connectivity index (χ0v) is 7.63. The molecule has 0 spiro atoms. The quantitative estimate of drug-likeness (QED) is 0.599. The highest BCUT2D eigenvalue weighted by Gasteiger charge is 2.01. The van der Waals surface area contributed by atoms with Gasteiger partial charge < -0.3 is 0 Å². The first-order valence-corrected chi connectivity index (χ1v) is 4.19. The molecule has 0 unspecified atom stereocenters. The van der Waals surface area contributed by atoms with Crippen LogP contribution in [0.1, 0.15) is 11.1 Å². The number of aryl methyl sites for hydroxylation is 2. The van der Waals surface area contributed by atoms with Gasteiger partial charge in [-0.15, -0.1) is 0 Å². The van der Waals surface area contributed by atoms with E-state index in [1.807, 2.05) is 13.0 Å². The number of pyridine rings is 1. The summed E-state index contributed by atoms with van der Waals surface area (Å²) in [6.45, 7) is 3.69. The number of halogens is 1. The van der Waals surface area contributed by atoms with Crippen LogP contribution in [0.3, 0.4) is 0 Å². The Bertz CT molecular complexity index is 463. The minimum atomic E-state index is -0.167. The van der Waals surface area contributed by atoms with Crippen LogP contribution in [0.4, 0.5) is 4.39 Å². The standard InChI is InChI=1S/C11H10FN/c1-7-3-9-5-10(12)8(2)4-11(9)13-6-7/h3-6H,1-2H3. The van der Waals surface area contributed by atoms with Gasteiger partial charge >= 0.3 is 0 Å². The normalized spacial score (nSPS) is 10.7. The molecular weight excluding hydrogens is 165 g/mol. The fourth-order valence-corrected chi connectivity index (χ4v) is 1.36. The fourth-order valence-electron chi connectivity index (χ4n) is 1.36. The number of benzene rings is 1. The van der Waals surface area contributed by atoms with Crippen molar-refractivity contribution < 1.29 is 4.39 Å². The molecule has 0 bridgehead atoms. The zero-order chi connectivity index (χ0) is 9.42. The van der Waals surface area contributed by atoms with E-state index < -0.39 is 0 Å². The van der Waals surface area contributed by atoms with Crippen LogP contribution in [0.15, 0.2) is 24.4 Å². The van der Waals surface area contributed by atoms with Gasteiger partial charge in [0.05, 0.1) is 5.52 Å². The van der Waals surface area contributed by atoms with E-state index in [2.05, 4.69) is 4.98 Å². The summed E-state index contributed by atoms with van der Waals surface area (Å²) in [5.41, 5.74) is 2.55. The van der Waals surface area contributed by atoms with Gasteiger partial charge in [-0.1, -0.05) is 0 Å². The minimum Gasteiger partial charge on any atom is -0.256 e. The number of rotatable bonds is 0. The van der Waals surface area contributed by atoms with Gasteiger partial charge in [-0.25, -0.2) is 4.39 Å². The van der Waals surface area contributed by atoms with Crippen LogP contribution in [-0.4, -0.2) is 4.98 Å². The summed E-state index contributed by atoms with van der Waals surface area (Å²) in [6.07, 6.45) is 1.79. The van der Waals surface area contributed by atoms with Crippen molar-refractivity contribution in [2.75, 3.05) is 0 Å². The van der Waals surface area contributed by atoms with Crippen LogP contribution in [0.2, 0.25) is 0 Å². The first-order valence-electron chi connectivity index (χ1n) is 4.19. The van der Waals surface area contributed by atoms with E-state index in [9.17, 15) is 4.39 Å². The molecule has 0 aliphatic heterocycles. The molecule has 66 valence electrons. The van der Waals surface area contributed by atoms with Crippen molar-refractivity contribution in [2.24, 2.45) is 0 Å². The van der Waals surface area contributed by atoms with Crippen molar-refractivity contribution in [3.63, 3.8) is 0 Å². The van der Waals surface area contributed by atoms with Crippen LogP contribution in [-0.2, 0) is 0 Å². The largest absolute Gasteiger partial charge is 0.256 e. The Morgan fingerprint density at radius 2 is 1.92 bits per heavy atom. The molecule has 0 radical (unpaired) electrons. The molecule has 1 aromatic carbocycles. The molecule has 0 atom stereocenters. The molecule has 13 heavy (non-hydrogen) atoms. The Labute approximate surface area is 76.2 Å². The molecule has 2 rings (SSSR count). The molecule has 0 amide bonds. The van der Waals surface area contributed by atoms with Gasteiger partial charge in [-0.05, 0) is 43.2 Å². The van der Waals surface area contributed by atoms with E-state index in [0.717, 1.165) is 16.5 Å². The van der Waals surface area contributed by atoms with E-state index >= 15 is 0 Å². The molecule has 1 aromatic heterocycles. The van der Waals surface area contributed by atoms with Gasteiger partial charge in [0, 0.05) is 11.6 Å². The monoisotopic (exact) mass is 175 g/mol. The van der Waals surface area contributed by atoms with Crippen molar-refractivity contribution >= 4 is 10.9 Å². The maximum Gasteiger partial charge on any atom is 0.126 e. The van der Waals surface area contributed by atoms with Crippen molar-refractivity contribution in [1.82, 2.24) is 4.98 Å². The third-order valence-electron chi connectivity index (χ3n) is 2.10. The van der Waals surface area contributed by atoms with E-state index in [0.29, 0.717) is 5.56 Å². The SMILES string of the molecule is Cc1cnc2cc(C)c(F)cc2c1. The first kappa shape index (κ1) is 8.17. The van der Waals surface area contributed by atoms with Crippen LogP contribution in [0.25, 0.3) is 10.9 Å². The summed E-state index contributed by atoms with van der Waals surface area (Å²) in [5, 5.41) is 0.864. The second-order valence-electron chi connectivity index (χ2n) is 3.31. The van der Waals surface area contributed by atoms with E-state index in [1.54, 1.807) is 19.2 Å². The number of fused-ring (bicyclic) bond motifs is 1. The Hall–Kier alpha value is -1.44. The highest BCUT2D eigenvalue weighted by Crippen LogP contribution is 2.17. The van der Waals surface area contributed by atoms with Crippen molar-refractivity contribution in [3.8, 4) is 0 Å². The molecule has 0 N–H and O–H groups in total. The molecule has 0 saturated carbocycles. The molecule has 0 fully saturated rings. The topological polar surface area (TPSA) is 12.9 Å². The Balaban J connectivity index is 2.81. The molecule has 2 heteroatoms. The predicted molar refractivity (Wildman–Crippen MR) is 51.2 cm³/mol. The first-order chi connectivity index (χ1) is 6.16. The van der Waals surface area contributed by atoms with E-state index in [4.69, 9.17) is 0 Å². The van der Waals surface area contributed by atoms with Crippen molar-refractivity contribution in [2.45, 2.75) is 13.8 Å². The Morgan fingerprint density at radius 1 is 1.15 bits per heavy atom. The molecular formula is C11H10FN. The average Bonchev–Trinajstić information content (AvgIpc) is 2.08. The van der Waals surface area contributed by atoms with Gasteiger partial charge in [0.1, 0.15) is 5.82 Å². The van der Waals surface area contributed by atoms with E-state index in [-0.39, 0.29) is 5.82 Å². The molecule has 0 aliphatic rings. The highest BCUT2D eigenvalue weighted by molar-refractivity contribution is 5.79. The maximum atomic E-state index is 13.2. The smallest absolute Gasteiger partial charge is 0.126 e. The predicted octanol–water partition coefficient (Wildman–Crippen LogP) is 2.99. The summed E-state index contributed by atoms with van der Waals surface area (Å²) in [5.74, 6) is -0.167. The third-order valence-corrected chi connectivity index (χ3v) is 2.10. The van der Waals surface area contributed by atoms with Crippen molar-refractivity contribution in [3.05, 3.63) is 41.3 Å². The lowest BCUT2D eigenvalue weighted by atomic mass is 10.1. The van der Waals surface area contributed by atoms with Crippen LogP contribution in [0.5, 0.6) is 0 Å². The minimum absolute atomic E-state index is 0.167. The summed E-state index contributed by atoms with van der Waals surface area (Å²) in [6, 6.07) is 5.24. The summed E-state index contributed by atoms with van der Waals surface area (Å²) < 4.78 is 13.2. The average molecular weight is 175 g/mol. The lowest BCUT2D eigenvalue weighted by Gasteiger charge is -2.01. The summed E-state index contributed by atoms with van der Waals surface area (Å²) in [4.78, 5) is 4.22. The van der Waals surface area contributed by atoms with Crippen LogP contribution < -0.4 is 0 Å². The second kappa shape index (κ2) is 2.80. The Morgan fingerprint density at radius 3 is 2.69 bits per heavy atom. The molecule has 0 aliphatic carbocycles. The van der Waals surface area contributed by atoms with Crippen LogP contribution in [0, 0.1) is 19.7 Å². The van der Waals surface area contributed by atoms with Crippen LogP contribution >= 0.6 is 0 Å². The molecule has 1 heterocycles. The molecule has 2 aromatic rings. The van der Waals surface area contributed by atoms with E-state index in [1.165, 1.54) is 6.07 Å². The number of nitrogens with zero attached hydrogens (tertiary/aromatic N) is 1. The van der Waals surface area contributed by atoms with Crippen molar-refractivity contribution in [1.29, 1.82) is 0 Å². The summed E-state index contributed by atoms with van der Waals surface area (Å²) in [7, 11) is 0. The van der Waals surface area contributed by atoms with Gasteiger partial charge in [-0.2, -0.15) is 0 Å². The number of aromatic nitrogens is 1. The van der Waals surface area contributed by atoms with Gasteiger partial charge in [0.25, 0.3) is 0 Å². The number of hydrogen-bond acceptors (Lipinski definition) is 1. The number of hydrogen-bond donors (Lipinski definition) is 0. The van der Waals surface area contributed by atoms with Gasteiger partial charge in [0.15, 0.2) is 0 Å². The van der Waals surface area contributed by atoms with Gasteiger partial charge in [-0.3, -0.25) is 4.98 Å². The molecule has 1 nitrogen and oxygen atoms in total. The lowest BCUT2D eigenvalue weighted by molar-refractivity contribution is 0.620. The maximum absolute atomic E-state index is 13.2. The summed E-state index contributed by atoms with van der Waals surface area (Å²) >= 11 is 0. The molecule has 0 saturated heterocycles. The lowest BCUT2D eigenvalue weighted by Crippen LogP contribution is -1.86. The second-order valence-corrected chi connectivity index (χ2v) is 3.31. The third kappa shape index (κ3) is 1.39. The highest BCUT2D eigenvalue weighted by atomic mass is 19.1. The Kier molecular flexibility index (Phi) is 1.76. The van der Waals surface area contributed by atoms with Gasteiger partial charge in [0.2, 0.25) is 0 Å². The fraction of sp³-hybridized carbons (Fsp3) is 0.182.